The summed E-state index contributed by atoms with van der Waals surface area (Å²) in [6.07, 6.45) is 79.4. The van der Waals surface area contributed by atoms with Gasteiger partial charge in [-0.2, -0.15) is 0 Å². The standard InChI is InChI=1S/C68H122O6/c1-4-7-10-13-16-19-22-25-28-31-32-33-34-35-36-38-40-43-46-49-52-55-58-61-67(70)73-64-65(63-72-66(69)60-57-54-51-48-45-42-39-30-27-24-21-18-15-12-9-6-3)74-68(71)62-59-56-53-50-47-44-41-37-29-26-23-20-17-14-11-8-5-2/h17,20-21,24,26,29-32,39,65H,4-16,18-19,22-23,25,27-28,33-38,40-64H2,1-3H3/b20-17-,24-21-,29-26-,32-31-,39-30-. The van der Waals surface area contributed by atoms with Crippen molar-refractivity contribution in [2.75, 3.05) is 13.2 Å². The summed E-state index contributed by atoms with van der Waals surface area (Å²) < 4.78 is 16.9. The second-order valence-electron chi connectivity index (χ2n) is 21.7. The third kappa shape index (κ3) is 60.0. The molecule has 0 saturated heterocycles. The molecule has 0 spiro atoms. The third-order valence-corrected chi connectivity index (χ3v) is 14.2. The van der Waals surface area contributed by atoms with Crippen LogP contribution in [0.3, 0.4) is 0 Å². The summed E-state index contributed by atoms with van der Waals surface area (Å²) in [6, 6.07) is 0. The highest BCUT2D eigenvalue weighted by Gasteiger charge is 2.19. The quantitative estimate of drug-likeness (QED) is 0.0261. The first kappa shape index (κ1) is 71.1. The van der Waals surface area contributed by atoms with Crippen LogP contribution in [0.25, 0.3) is 0 Å². The van der Waals surface area contributed by atoms with Crippen LogP contribution in [-0.4, -0.2) is 37.2 Å². The van der Waals surface area contributed by atoms with Gasteiger partial charge < -0.3 is 14.2 Å². The van der Waals surface area contributed by atoms with E-state index in [1.54, 1.807) is 0 Å². The molecule has 74 heavy (non-hydrogen) atoms. The van der Waals surface area contributed by atoms with Gasteiger partial charge >= 0.3 is 17.9 Å². The van der Waals surface area contributed by atoms with Crippen molar-refractivity contribution in [1.82, 2.24) is 0 Å². The molecule has 0 radical (unpaired) electrons. The monoisotopic (exact) mass is 1030 g/mol. The topological polar surface area (TPSA) is 78.9 Å². The molecule has 0 aliphatic rings. The summed E-state index contributed by atoms with van der Waals surface area (Å²) in [5, 5.41) is 0. The average Bonchev–Trinajstić information content (AvgIpc) is 3.40. The third-order valence-electron chi connectivity index (χ3n) is 14.2. The minimum atomic E-state index is -0.785. The Balaban J connectivity index is 4.34. The second-order valence-corrected chi connectivity index (χ2v) is 21.7. The highest BCUT2D eigenvalue weighted by atomic mass is 16.6. The van der Waals surface area contributed by atoms with Crippen LogP contribution in [0.2, 0.25) is 0 Å². The van der Waals surface area contributed by atoms with Crippen molar-refractivity contribution < 1.29 is 28.6 Å². The number of unbranched alkanes of at least 4 members (excludes halogenated alkanes) is 38. The number of esters is 3. The molecule has 0 aliphatic carbocycles. The summed E-state index contributed by atoms with van der Waals surface area (Å²) in [6.45, 7) is 6.62. The van der Waals surface area contributed by atoms with Gasteiger partial charge in [0.25, 0.3) is 0 Å². The van der Waals surface area contributed by atoms with Gasteiger partial charge in [-0.25, -0.2) is 0 Å². The molecule has 0 amide bonds. The first-order valence-electron chi connectivity index (χ1n) is 32.3. The summed E-state index contributed by atoms with van der Waals surface area (Å²) in [7, 11) is 0. The lowest BCUT2D eigenvalue weighted by atomic mass is 10.0. The normalized spacial score (nSPS) is 12.4. The molecular weight excluding hydrogens is 913 g/mol. The fraction of sp³-hybridized carbons (Fsp3) is 0.809. The van der Waals surface area contributed by atoms with Crippen molar-refractivity contribution in [3.63, 3.8) is 0 Å². The van der Waals surface area contributed by atoms with E-state index < -0.39 is 6.10 Å². The van der Waals surface area contributed by atoms with Gasteiger partial charge in [-0.3, -0.25) is 14.4 Å². The van der Waals surface area contributed by atoms with Crippen molar-refractivity contribution >= 4 is 17.9 Å². The predicted octanol–water partition coefficient (Wildman–Crippen LogP) is 21.9. The van der Waals surface area contributed by atoms with Crippen molar-refractivity contribution in [2.45, 2.75) is 341 Å². The van der Waals surface area contributed by atoms with Gasteiger partial charge in [-0.1, -0.05) is 268 Å². The van der Waals surface area contributed by atoms with E-state index in [2.05, 4.69) is 81.5 Å². The van der Waals surface area contributed by atoms with E-state index in [1.807, 2.05) is 0 Å². The van der Waals surface area contributed by atoms with Gasteiger partial charge in [0.05, 0.1) is 0 Å². The number of hydrogen-bond acceptors (Lipinski definition) is 6. The first-order chi connectivity index (χ1) is 36.5. The van der Waals surface area contributed by atoms with Crippen LogP contribution >= 0.6 is 0 Å². The van der Waals surface area contributed by atoms with E-state index >= 15 is 0 Å². The average molecular weight is 1040 g/mol. The molecule has 6 heteroatoms. The lowest BCUT2D eigenvalue weighted by Crippen LogP contribution is -2.30. The number of carbonyl (C=O) groups is 3. The van der Waals surface area contributed by atoms with Crippen LogP contribution in [0, 0.1) is 0 Å². The Morgan fingerprint density at radius 3 is 0.797 bits per heavy atom. The molecule has 0 saturated carbocycles. The van der Waals surface area contributed by atoms with Crippen LogP contribution in [0.4, 0.5) is 0 Å². The Labute approximate surface area is 460 Å². The molecular formula is C68H122O6. The lowest BCUT2D eigenvalue weighted by molar-refractivity contribution is -0.167. The van der Waals surface area contributed by atoms with Gasteiger partial charge in [0.2, 0.25) is 0 Å². The van der Waals surface area contributed by atoms with Crippen LogP contribution in [0.5, 0.6) is 0 Å². The zero-order valence-corrected chi connectivity index (χ0v) is 49.4. The smallest absolute Gasteiger partial charge is 0.306 e. The van der Waals surface area contributed by atoms with Crippen molar-refractivity contribution in [2.24, 2.45) is 0 Å². The molecule has 0 heterocycles. The van der Waals surface area contributed by atoms with E-state index in [9.17, 15) is 14.4 Å². The highest BCUT2D eigenvalue weighted by molar-refractivity contribution is 5.71. The molecule has 6 nitrogen and oxygen atoms in total. The van der Waals surface area contributed by atoms with Gasteiger partial charge in [0.15, 0.2) is 6.10 Å². The number of allylic oxidation sites excluding steroid dienone is 10. The van der Waals surface area contributed by atoms with E-state index in [0.29, 0.717) is 19.3 Å². The Morgan fingerprint density at radius 1 is 0.270 bits per heavy atom. The van der Waals surface area contributed by atoms with Crippen LogP contribution in [0.15, 0.2) is 60.8 Å². The molecule has 0 rings (SSSR count). The number of hydrogen-bond donors (Lipinski definition) is 0. The number of rotatable bonds is 59. The van der Waals surface area contributed by atoms with Gasteiger partial charge in [0, 0.05) is 19.3 Å². The summed E-state index contributed by atoms with van der Waals surface area (Å²) >= 11 is 0. The number of ether oxygens (including phenoxy) is 3. The van der Waals surface area contributed by atoms with E-state index in [4.69, 9.17) is 14.2 Å². The molecule has 430 valence electrons. The summed E-state index contributed by atoms with van der Waals surface area (Å²) in [5.74, 6) is -0.887. The maximum absolute atomic E-state index is 12.9. The van der Waals surface area contributed by atoms with Crippen LogP contribution < -0.4 is 0 Å². The van der Waals surface area contributed by atoms with Gasteiger partial charge in [-0.15, -0.1) is 0 Å². The minimum Gasteiger partial charge on any atom is -0.462 e. The minimum absolute atomic E-state index is 0.0807. The lowest BCUT2D eigenvalue weighted by Gasteiger charge is -2.18. The maximum atomic E-state index is 12.9. The molecule has 1 unspecified atom stereocenters. The Bertz CT molecular complexity index is 1330. The Morgan fingerprint density at radius 2 is 0.486 bits per heavy atom. The largest absolute Gasteiger partial charge is 0.462 e. The molecule has 0 aromatic carbocycles. The first-order valence-corrected chi connectivity index (χ1v) is 32.3. The van der Waals surface area contributed by atoms with Crippen molar-refractivity contribution in [3.05, 3.63) is 60.8 Å². The summed E-state index contributed by atoms with van der Waals surface area (Å²) in [4.78, 5) is 38.3. The fourth-order valence-corrected chi connectivity index (χ4v) is 9.32. The van der Waals surface area contributed by atoms with Gasteiger partial charge in [-0.05, 0) is 109 Å². The molecule has 0 aromatic heterocycles. The molecule has 0 bridgehead atoms. The molecule has 1 atom stereocenters. The van der Waals surface area contributed by atoms with E-state index in [1.165, 1.54) is 205 Å². The van der Waals surface area contributed by atoms with Crippen molar-refractivity contribution in [3.8, 4) is 0 Å². The SMILES string of the molecule is CCCCC/C=C\C/C=C\CCCCCCCCCC(=O)OC(COC(=O)CCCCCCC/C=C\C/C=C\CCCCCC)COC(=O)CCCCCCCCCCCCC/C=C\CCCCCCCCCC. The zero-order valence-electron chi connectivity index (χ0n) is 49.4. The van der Waals surface area contributed by atoms with E-state index in [0.717, 1.165) is 89.9 Å². The number of carbonyl (C=O) groups excluding carboxylic acids is 3. The predicted molar refractivity (Wildman–Crippen MR) is 321 cm³/mol. The Hall–Kier alpha value is -2.89. The van der Waals surface area contributed by atoms with Crippen molar-refractivity contribution in [1.29, 1.82) is 0 Å². The molecule has 0 aliphatic heterocycles. The molecule has 0 N–H and O–H groups in total. The van der Waals surface area contributed by atoms with Crippen LogP contribution in [-0.2, 0) is 28.6 Å². The zero-order chi connectivity index (χ0) is 53.6. The van der Waals surface area contributed by atoms with Crippen LogP contribution in [0.1, 0.15) is 335 Å². The Kier molecular flexibility index (Phi) is 60.2. The summed E-state index contributed by atoms with van der Waals surface area (Å²) in [5.41, 5.74) is 0. The van der Waals surface area contributed by atoms with Gasteiger partial charge in [0.1, 0.15) is 13.2 Å². The second kappa shape index (κ2) is 62.6. The highest BCUT2D eigenvalue weighted by Crippen LogP contribution is 2.16. The molecule has 0 fully saturated rings. The molecule has 0 aromatic rings. The fourth-order valence-electron chi connectivity index (χ4n) is 9.32. The van der Waals surface area contributed by atoms with E-state index in [-0.39, 0.29) is 31.1 Å². The maximum Gasteiger partial charge on any atom is 0.306 e.